The van der Waals surface area contributed by atoms with Crippen LogP contribution in [0.5, 0.6) is 0 Å². The van der Waals surface area contributed by atoms with Crippen molar-refractivity contribution in [1.29, 1.82) is 10.8 Å². The van der Waals surface area contributed by atoms with E-state index in [0.717, 1.165) is 17.6 Å². The third kappa shape index (κ3) is 3.95. The topological polar surface area (TPSA) is 47.7 Å². The highest BCUT2D eigenvalue weighted by Gasteiger charge is 2.16. The minimum absolute atomic E-state index is 0.246. The second-order valence-electron chi connectivity index (χ2n) is 8.44. The molecule has 5 rings (SSSR count). The van der Waals surface area contributed by atoms with Crippen molar-refractivity contribution in [3.63, 3.8) is 0 Å². The molecule has 2 heteroatoms. The van der Waals surface area contributed by atoms with Gasteiger partial charge in [0.2, 0.25) is 0 Å². The van der Waals surface area contributed by atoms with Crippen LogP contribution >= 0.6 is 0 Å². The average Bonchev–Trinajstić information content (AvgIpc) is 2.88. The minimum Gasteiger partial charge on any atom is -0.299 e. The molecule has 34 heavy (non-hydrogen) atoms. The number of rotatable bonds is 5. The standard InChI is InChI=1S/C32H26N2/c1-2-3-4-8-13-26-25-14-9-10-15-27(25)32(22-11-6-5-7-12-22)28-18-16-23(20-29(26)28)24-17-19-30(33)31(34)21-24/h2-12,14-21,33-34H,13H2,1H3/b3-2-,8-4-,33-30?,34-31?. The van der Waals surface area contributed by atoms with Crippen LogP contribution in [0.4, 0.5) is 0 Å². The zero-order valence-electron chi connectivity index (χ0n) is 19.2. The number of fused-ring (bicyclic) bond motifs is 2. The van der Waals surface area contributed by atoms with E-state index in [0.29, 0.717) is 0 Å². The molecular formula is C32H26N2. The first-order valence-corrected chi connectivity index (χ1v) is 11.6. The number of allylic oxidation sites excluding steroid dienone is 8. The van der Waals surface area contributed by atoms with Crippen LogP contribution in [0.3, 0.4) is 0 Å². The average molecular weight is 439 g/mol. The van der Waals surface area contributed by atoms with Crippen molar-refractivity contribution in [3.8, 4) is 11.1 Å². The van der Waals surface area contributed by atoms with E-state index in [-0.39, 0.29) is 11.4 Å². The van der Waals surface area contributed by atoms with Gasteiger partial charge in [0.1, 0.15) is 0 Å². The van der Waals surface area contributed by atoms with E-state index in [1.807, 2.05) is 19.1 Å². The summed E-state index contributed by atoms with van der Waals surface area (Å²) in [5.41, 5.74) is 6.28. The Morgan fingerprint density at radius 3 is 2.18 bits per heavy atom. The van der Waals surface area contributed by atoms with E-state index in [1.165, 1.54) is 38.2 Å². The van der Waals surface area contributed by atoms with E-state index in [4.69, 9.17) is 10.8 Å². The Kier molecular flexibility index (Phi) is 5.88. The Hall–Kier alpha value is -4.30. The van der Waals surface area contributed by atoms with Gasteiger partial charge in [0.15, 0.2) is 0 Å². The Morgan fingerprint density at radius 1 is 0.676 bits per heavy atom. The highest BCUT2D eigenvalue weighted by atomic mass is 14.5. The SMILES string of the molecule is C/C=C\C=C/Cc1c2ccccc2c(-c2ccccc2)c2ccc(C3=CC(=N)C(=N)C=C3)cc12. The Balaban J connectivity index is 1.83. The molecule has 164 valence electrons. The molecular weight excluding hydrogens is 412 g/mol. The lowest BCUT2D eigenvalue weighted by Crippen LogP contribution is -2.09. The molecule has 0 unspecified atom stereocenters. The van der Waals surface area contributed by atoms with Gasteiger partial charge in [0.25, 0.3) is 0 Å². The van der Waals surface area contributed by atoms with Crippen molar-refractivity contribution >= 4 is 38.5 Å². The van der Waals surface area contributed by atoms with Crippen molar-refractivity contribution in [3.05, 3.63) is 126 Å². The number of nitrogens with one attached hydrogen (secondary N) is 2. The largest absolute Gasteiger partial charge is 0.299 e. The zero-order chi connectivity index (χ0) is 23.5. The van der Waals surface area contributed by atoms with Gasteiger partial charge in [-0.3, -0.25) is 10.8 Å². The van der Waals surface area contributed by atoms with Gasteiger partial charge in [-0.15, -0.1) is 0 Å². The fraction of sp³-hybridized carbons (Fsp3) is 0.0625. The molecule has 0 radical (unpaired) electrons. The van der Waals surface area contributed by atoms with Crippen molar-refractivity contribution in [2.45, 2.75) is 13.3 Å². The summed E-state index contributed by atoms with van der Waals surface area (Å²) in [5, 5.41) is 20.9. The van der Waals surface area contributed by atoms with Crippen LogP contribution in [-0.4, -0.2) is 11.4 Å². The summed E-state index contributed by atoms with van der Waals surface area (Å²) in [6.45, 7) is 2.03. The molecule has 2 N–H and O–H groups in total. The van der Waals surface area contributed by atoms with Crippen molar-refractivity contribution in [2.75, 3.05) is 0 Å². The van der Waals surface area contributed by atoms with Crippen LogP contribution < -0.4 is 0 Å². The molecule has 0 aromatic heterocycles. The molecule has 0 spiro atoms. The van der Waals surface area contributed by atoms with Crippen molar-refractivity contribution in [1.82, 2.24) is 0 Å². The quantitative estimate of drug-likeness (QED) is 0.179. The summed E-state index contributed by atoms with van der Waals surface area (Å²) in [7, 11) is 0. The van der Waals surface area contributed by atoms with E-state index in [1.54, 1.807) is 12.2 Å². The maximum Gasteiger partial charge on any atom is 0.0795 e. The molecule has 1 aliphatic carbocycles. The third-order valence-electron chi connectivity index (χ3n) is 6.31. The predicted octanol–water partition coefficient (Wildman–Crippen LogP) is 8.33. The van der Waals surface area contributed by atoms with Crippen LogP contribution in [0.2, 0.25) is 0 Å². The number of benzene rings is 4. The van der Waals surface area contributed by atoms with Crippen LogP contribution in [0.1, 0.15) is 18.1 Å². The van der Waals surface area contributed by atoms with Gasteiger partial charge in [-0.05, 0) is 80.9 Å². The van der Waals surface area contributed by atoms with Gasteiger partial charge in [0.05, 0.1) is 11.4 Å². The fourth-order valence-corrected chi connectivity index (χ4v) is 4.68. The van der Waals surface area contributed by atoms with Gasteiger partial charge < -0.3 is 0 Å². The predicted molar refractivity (Wildman–Crippen MR) is 147 cm³/mol. The Labute approximate surface area is 200 Å². The molecule has 0 bridgehead atoms. The lowest BCUT2D eigenvalue weighted by atomic mass is 9.85. The van der Waals surface area contributed by atoms with Crippen molar-refractivity contribution < 1.29 is 0 Å². The first kappa shape index (κ1) is 21.5. The van der Waals surface area contributed by atoms with Crippen LogP contribution in [-0.2, 0) is 6.42 Å². The normalized spacial score (nSPS) is 14.1. The van der Waals surface area contributed by atoms with Crippen molar-refractivity contribution in [2.24, 2.45) is 0 Å². The number of hydrogen-bond donors (Lipinski definition) is 2. The van der Waals surface area contributed by atoms with E-state index < -0.39 is 0 Å². The lowest BCUT2D eigenvalue weighted by Gasteiger charge is -2.18. The van der Waals surface area contributed by atoms with Crippen LogP contribution in [0, 0.1) is 10.8 Å². The molecule has 0 atom stereocenters. The smallest absolute Gasteiger partial charge is 0.0795 e. The Bertz CT molecular complexity index is 1550. The molecule has 0 amide bonds. The minimum atomic E-state index is 0.246. The summed E-state index contributed by atoms with van der Waals surface area (Å²) in [6.07, 6.45) is 14.7. The number of hydrogen-bond acceptors (Lipinski definition) is 2. The van der Waals surface area contributed by atoms with E-state index >= 15 is 0 Å². The summed E-state index contributed by atoms with van der Waals surface area (Å²) in [5.74, 6) is 0. The molecule has 0 saturated heterocycles. The Morgan fingerprint density at radius 2 is 1.41 bits per heavy atom. The second-order valence-corrected chi connectivity index (χ2v) is 8.44. The van der Waals surface area contributed by atoms with Gasteiger partial charge in [-0.1, -0.05) is 97.1 Å². The maximum absolute atomic E-state index is 8.10. The molecule has 0 heterocycles. The first-order valence-electron chi connectivity index (χ1n) is 11.6. The molecule has 2 nitrogen and oxygen atoms in total. The van der Waals surface area contributed by atoms with Gasteiger partial charge >= 0.3 is 0 Å². The van der Waals surface area contributed by atoms with Gasteiger partial charge in [0, 0.05) is 0 Å². The monoisotopic (exact) mass is 438 g/mol. The molecule has 4 aromatic carbocycles. The molecule has 4 aromatic rings. The highest BCUT2D eigenvalue weighted by Crippen LogP contribution is 2.40. The summed E-state index contributed by atoms with van der Waals surface area (Å²) in [6, 6.07) is 25.9. The first-order chi connectivity index (χ1) is 16.7. The van der Waals surface area contributed by atoms with Gasteiger partial charge in [-0.2, -0.15) is 0 Å². The lowest BCUT2D eigenvalue weighted by molar-refractivity contribution is 1.33. The fourth-order valence-electron chi connectivity index (χ4n) is 4.68. The third-order valence-corrected chi connectivity index (χ3v) is 6.31. The van der Waals surface area contributed by atoms with Crippen LogP contribution in [0.25, 0.3) is 38.2 Å². The van der Waals surface area contributed by atoms with Crippen LogP contribution in [0.15, 0.2) is 115 Å². The van der Waals surface area contributed by atoms with Gasteiger partial charge in [-0.25, -0.2) is 0 Å². The summed E-state index contributed by atoms with van der Waals surface area (Å²) in [4.78, 5) is 0. The maximum atomic E-state index is 8.10. The second kappa shape index (κ2) is 9.29. The molecule has 0 saturated carbocycles. The summed E-state index contributed by atoms with van der Waals surface area (Å²) < 4.78 is 0. The zero-order valence-corrected chi connectivity index (χ0v) is 19.2. The summed E-state index contributed by atoms with van der Waals surface area (Å²) >= 11 is 0. The van der Waals surface area contributed by atoms with E-state index in [2.05, 4.69) is 91.0 Å². The molecule has 0 fully saturated rings. The molecule has 0 aliphatic heterocycles. The highest BCUT2D eigenvalue weighted by molar-refractivity contribution is 6.50. The molecule has 1 aliphatic rings. The van der Waals surface area contributed by atoms with E-state index in [9.17, 15) is 0 Å².